The number of carbonyl (C=O) groups is 1. The third-order valence-electron chi connectivity index (χ3n) is 5.19. The van der Waals surface area contributed by atoms with Crippen LogP contribution in [-0.4, -0.2) is 58.9 Å². The van der Waals surface area contributed by atoms with Crippen molar-refractivity contribution >= 4 is 21.7 Å². The van der Waals surface area contributed by atoms with Crippen LogP contribution in [0.25, 0.3) is 0 Å². The average Bonchev–Trinajstić information content (AvgIpc) is 3.21. The predicted octanol–water partition coefficient (Wildman–Crippen LogP) is 3.14. The molecule has 0 saturated heterocycles. The summed E-state index contributed by atoms with van der Waals surface area (Å²) in [5, 5.41) is 11.2. The highest BCUT2D eigenvalue weighted by molar-refractivity contribution is 7.92. The zero-order valence-electron chi connectivity index (χ0n) is 18.7. The summed E-state index contributed by atoms with van der Waals surface area (Å²) in [5.41, 5.74) is 3.72. The van der Waals surface area contributed by atoms with Crippen LogP contribution in [0.4, 0.5) is 18.9 Å². The van der Waals surface area contributed by atoms with E-state index in [1.165, 1.54) is 17.5 Å². The number of benzene rings is 2. The summed E-state index contributed by atoms with van der Waals surface area (Å²) in [6.45, 7) is 2.21. The van der Waals surface area contributed by atoms with Gasteiger partial charge in [0.1, 0.15) is 12.7 Å². The number of anilines is 1. The number of rotatable bonds is 5. The first-order chi connectivity index (χ1) is 16.5. The van der Waals surface area contributed by atoms with Gasteiger partial charge < -0.3 is 10.0 Å². The molecule has 0 saturated carbocycles. The zero-order chi connectivity index (χ0) is 25.6. The minimum absolute atomic E-state index is 0.248. The number of aliphatic carboxylic acids is 1. The van der Waals surface area contributed by atoms with Crippen LogP contribution in [0.3, 0.4) is 0 Å². The summed E-state index contributed by atoms with van der Waals surface area (Å²) in [7, 11) is -1.63. The van der Waals surface area contributed by atoms with E-state index in [-0.39, 0.29) is 4.90 Å². The molecule has 0 spiro atoms. The van der Waals surface area contributed by atoms with Crippen LogP contribution in [-0.2, 0) is 34.3 Å². The molecule has 1 aromatic heterocycles. The van der Waals surface area contributed by atoms with Gasteiger partial charge in [0.05, 0.1) is 11.4 Å². The van der Waals surface area contributed by atoms with Gasteiger partial charge in [-0.15, -0.1) is 0 Å². The van der Waals surface area contributed by atoms with Crippen LogP contribution in [0, 0.1) is 0 Å². The molecule has 188 valence electrons. The Morgan fingerprint density at radius 2 is 1.89 bits per heavy atom. The standard InChI is InChI=1S/C20H23N5O2S.C2HF3O2/c1-24-10-4-6-16-8-9-19(11-18(16)12-24)23-28(26,27)20-7-3-2-5-17(20)13-25-15-21-14-22-25;3-2(4,5)1(6)7/h2-3,5,7-9,11,14-15,23H,4,6,10,12-13H2,1H3;(H,6,7). The lowest BCUT2D eigenvalue weighted by Crippen LogP contribution is -2.21. The summed E-state index contributed by atoms with van der Waals surface area (Å²) < 4.78 is 62.3. The van der Waals surface area contributed by atoms with Gasteiger partial charge in [-0.05, 0) is 61.3 Å². The summed E-state index contributed by atoms with van der Waals surface area (Å²) in [6, 6.07) is 12.8. The van der Waals surface area contributed by atoms with Crippen molar-refractivity contribution in [1.29, 1.82) is 0 Å². The highest BCUT2D eigenvalue weighted by Crippen LogP contribution is 2.25. The molecule has 0 fully saturated rings. The fourth-order valence-corrected chi connectivity index (χ4v) is 4.87. The van der Waals surface area contributed by atoms with Gasteiger partial charge >= 0.3 is 12.1 Å². The van der Waals surface area contributed by atoms with Crippen LogP contribution in [0.1, 0.15) is 23.1 Å². The molecular formula is C22H24F3N5O4S. The smallest absolute Gasteiger partial charge is 0.475 e. The molecule has 9 nitrogen and oxygen atoms in total. The summed E-state index contributed by atoms with van der Waals surface area (Å²) in [6.07, 6.45) is 0.0551. The molecule has 0 bridgehead atoms. The maximum atomic E-state index is 13.1. The Morgan fingerprint density at radius 3 is 2.54 bits per heavy atom. The average molecular weight is 512 g/mol. The van der Waals surface area contributed by atoms with Gasteiger partial charge in [-0.2, -0.15) is 18.3 Å². The molecule has 0 unspecified atom stereocenters. The van der Waals surface area contributed by atoms with Crippen molar-refractivity contribution in [3.05, 3.63) is 71.8 Å². The molecule has 0 amide bonds. The van der Waals surface area contributed by atoms with Crippen molar-refractivity contribution in [3.8, 4) is 0 Å². The molecule has 4 rings (SSSR count). The second kappa shape index (κ2) is 10.9. The Kier molecular flexibility index (Phi) is 8.12. The monoisotopic (exact) mass is 511 g/mol. The molecule has 0 radical (unpaired) electrons. The number of fused-ring (bicyclic) bond motifs is 1. The van der Waals surface area contributed by atoms with Gasteiger partial charge in [0, 0.05) is 12.2 Å². The Hall–Kier alpha value is -3.45. The lowest BCUT2D eigenvalue weighted by molar-refractivity contribution is -0.192. The van der Waals surface area contributed by atoms with E-state index in [0.717, 1.165) is 25.9 Å². The number of carboxylic acid groups (broad SMARTS) is 1. The number of aromatic nitrogens is 3. The van der Waals surface area contributed by atoms with Crippen molar-refractivity contribution in [2.75, 3.05) is 18.3 Å². The molecular weight excluding hydrogens is 487 g/mol. The maximum absolute atomic E-state index is 13.1. The van der Waals surface area contributed by atoms with Crippen LogP contribution in [0.5, 0.6) is 0 Å². The minimum Gasteiger partial charge on any atom is -0.475 e. The first-order valence-electron chi connectivity index (χ1n) is 10.5. The van der Waals surface area contributed by atoms with Crippen molar-refractivity contribution in [2.45, 2.75) is 37.0 Å². The van der Waals surface area contributed by atoms with Gasteiger partial charge in [0.25, 0.3) is 10.0 Å². The molecule has 0 atom stereocenters. The summed E-state index contributed by atoms with van der Waals surface area (Å²) in [4.78, 5) is 15.3. The third-order valence-corrected chi connectivity index (χ3v) is 6.67. The number of carboxylic acids is 1. The molecule has 3 aromatic rings. The number of sulfonamides is 1. The highest BCUT2D eigenvalue weighted by Gasteiger charge is 2.38. The number of hydrogen-bond donors (Lipinski definition) is 2. The third kappa shape index (κ3) is 7.26. The molecule has 35 heavy (non-hydrogen) atoms. The van der Waals surface area contributed by atoms with Crippen LogP contribution in [0.15, 0.2) is 60.0 Å². The second-order valence-electron chi connectivity index (χ2n) is 7.93. The van der Waals surface area contributed by atoms with E-state index in [9.17, 15) is 21.6 Å². The maximum Gasteiger partial charge on any atom is 0.490 e. The molecule has 13 heteroatoms. The van der Waals surface area contributed by atoms with Crippen LogP contribution >= 0.6 is 0 Å². The lowest BCUT2D eigenvalue weighted by atomic mass is 10.0. The van der Waals surface area contributed by atoms with Gasteiger partial charge in [0.2, 0.25) is 0 Å². The van der Waals surface area contributed by atoms with Crippen molar-refractivity contribution < 1.29 is 31.5 Å². The van der Waals surface area contributed by atoms with E-state index < -0.39 is 22.2 Å². The lowest BCUT2D eigenvalue weighted by Gasteiger charge is -2.16. The summed E-state index contributed by atoms with van der Waals surface area (Å²) in [5.74, 6) is -2.76. The molecule has 2 aromatic carbocycles. The van der Waals surface area contributed by atoms with Crippen molar-refractivity contribution in [2.24, 2.45) is 0 Å². The van der Waals surface area contributed by atoms with Crippen LogP contribution in [0.2, 0.25) is 0 Å². The number of aryl methyl sites for hydroxylation is 1. The number of hydrogen-bond acceptors (Lipinski definition) is 6. The Balaban J connectivity index is 0.000000429. The largest absolute Gasteiger partial charge is 0.490 e. The SMILES string of the molecule is CN1CCCc2ccc(NS(=O)(=O)c3ccccc3Cn3cncn3)cc2C1.O=C(O)C(F)(F)F. The Morgan fingerprint density at radius 1 is 1.17 bits per heavy atom. The van der Waals surface area contributed by atoms with Gasteiger partial charge in [0.15, 0.2) is 0 Å². The Labute approximate surface area is 200 Å². The molecule has 1 aliphatic heterocycles. The molecule has 2 heterocycles. The van der Waals surface area contributed by atoms with E-state index in [4.69, 9.17) is 9.90 Å². The normalized spacial score (nSPS) is 14.3. The van der Waals surface area contributed by atoms with E-state index in [1.54, 1.807) is 29.2 Å². The molecule has 0 aliphatic carbocycles. The molecule has 2 N–H and O–H groups in total. The predicted molar refractivity (Wildman–Crippen MR) is 121 cm³/mol. The van der Waals surface area contributed by atoms with Crippen molar-refractivity contribution in [3.63, 3.8) is 0 Å². The fraction of sp³-hybridized carbons (Fsp3) is 0.318. The van der Waals surface area contributed by atoms with Gasteiger partial charge in [-0.3, -0.25) is 4.72 Å². The van der Waals surface area contributed by atoms with Gasteiger partial charge in [-0.25, -0.2) is 22.9 Å². The molecule has 1 aliphatic rings. The quantitative estimate of drug-likeness (QED) is 0.541. The zero-order valence-corrected chi connectivity index (χ0v) is 19.6. The van der Waals surface area contributed by atoms with Gasteiger partial charge in [-0.1, -0.05) is 24.3 Å². The highest BCUT2D eigenvalue weighted by atomic mass is 32.2. The fourth-order valence-electron chi connectivity index (χ4n) is 3.59. The first kappa shape index (κ1) is 26.2. The number of halogens is 3. The number of nitrogens with zero attached hydrogens (tertiary/aromatic N) is 4. The number of alkyl halides is 3. The minimum atomic E-state index is -5.08. The van der Waals surface area contributed by atoms with E-state index in [2.05, 4.69) is 26.8 Å². The number of nitrogens with one attached hydrogen (secondary N) is 1. The van der Waals surface area contributed by atoms with Crippen molar-refractivity contribution in [1.82, 2.24) is 19.7 Å². The van der Waals surface area contributed by atoms with E-state index >= 15 is 0 Å². The summed E-state index contributed by atoms with van der Waals surface area (Å²) >= 11 is 0. The van der Waals surface area contributed by atoms with E-state index in [1.807, 2.05) is 24.3 Å². The first-order valence-corrected chi connectivity index (χ1v) is 12.0. The topological polar surface area (TPSA) is 117 Å². The van der Waals surface area contributed by atoms with Crippen LogP contribution < -0.4 is 4.72 Å². The Bertz CT molecular complexity index is 1260. The van der Waals surface area contributed by atoms with E-state index in [0.29, 0.717) is 17.8 Å². The second-order valence-corrected chi connectivity index (χ2v) is 9.58.